The van der Waals surface area contributed by atoms with Gasteiger partial charge in [0.05, 0.1) is 11.4 Å². The lowest BCUT2D eigenvalue weighted by Gasteiger charge is -2.12. The van der Waals surface area contributed by atoms with E-state index in [2.05, 4.69) is 24.3 Å². The monoisotopic (exact) mass is 451 g/mol. The van der Waals surface area contributed by atoms with Crippen LogP contribution in [0.5, 0.6) is 5.75 Å². The number of nitrogens with zero attached hydrogens (tertiary/aromatic N) is 1. The minimum Gasteiger partial charge on any atom is -0.489 e. The lowest BCUT2D eigenvalue weighted by molar-refractivity contribution is -0.123. The molecule has 4 aromatic carbocycles. The number of carbonyl (C=O) groups excluding carboxylic acids is 2. The second-order valence-electron chi connectivity index (χ2n) is 7.75. The van der Waals surface area contributed by atoms with E-state index in [1.807, 2.05) is 72.8 Å². The molecule has 33 heavy (non-hydrogen) atoms. The van der Waals surface area contributed by atoms with E-state index in [1.54, 1.807) is 6.08 Å². The van der Waals surface area contributed by atoms with Gasteiger partial charge in [-0.15, -0.1) is 0 Å². The third kappa shape index (κ3) is 4.69. The van der Waals surface area contributed by atoms with Gasteiger partial charge in [-0.25, -0.2) is 0 Å². The molecule has 1 heterocycles. The van der Waals surface area contributed by atoms with E-state index in [0.29, 0.717) is 11.5 Å². The number of hydrogen-bond acceptors (Lipinski definition) is 4. The molecule has 4 aromatic rings. The molecule has 5 heteroatoms. The zero-order valence-corrected chi connectivity index (χ0v) is 18.6. The van der Waals surface area contributed by atoms with Crippen molar-refractivity contribution >= 4 is 39.8 Å². The SMILES string of the molecule is O=C1S/C(=C\c2ccc(OCc3cccc4ccccc34)cc2)C(=O)N1Cc1ccccc1. The zero-order chi connectivity index (χ0) is 22.6. The summed E-state index contributed by atoms with van der Waals surface area (Å²) in [4.78, 5) is 26.8. The molecule has 0 atom stereocenters. The Morgan fingerprint density at radius 1 is 0.788 bits per heavy atom. The molecule has 0 aromatic heterocycles. The minimum absolute atomic E-state index is 0.245. The minimum atomic E-state index is -0.259. The molecule has 4 nitrogen and oxygen atoms in total. The van der Waals surface area contributed by atoms with Crippen LogP contribution in [-0.2, 0) is 17.9 Å². The molecule has 0 radical (unpaired) electrons. The van der Waals surface area contributed by atoms with Crippen LogP contribution in [0.15, 0.2) is 102 Å². The van der Waals surface area contributed by atoms with Crippen LogP contribution in [0, 0.1) is 0 Å². The van der Waals surface area contributed by atoms with E-state index in [-0.39, 0.29) is 17.7 Å². The summed E-state index contributed by atoms with van der Waals surface area (Å²) in [7, 11) is 0. The Hall–Kier alpha value is -3.83. The molecule has 0 aliphatic carbocycles. The van der Waals surface area contributed by atoms with Crippen LogP contribution in [-0.4, -0.2) is 16.0 Å². The van der Waals surface area contributed by atoms with E-state index >= 15 is 0 Å². The second-order valence-corrected chi connectivity index (χ2v) is 8.74. The number of thioether (sulfide) groups is 1. The van der Waals surface area contributed by atoms with Crippen molar-refractivity contribution < 1.29 is 14.3 Å². The van der Waals surface area contributed by atoms with Crippen LogP contribution < -0.4 is 4.74 Å². The molecule has 1 aliphatic heterocycles. The van der Waals surface area contributed by atoms with E-state index in [1.165, 1.54) is 15.7 Å². The van der Waals surface area contributed by atoms with Gasteiger partial charge in [-0.3, -0.25) is 14.5 Å². The molecular formula is C28H21NO3S. The van der Waals surface area contributed by atoms with Crippen molar-refractivity contribution in [3.05, 3.63) is 119 Å². The number of amides is 2. The van der Waals surface area contributed by atoms with Gasteiger partial charge in [0, 0.05) is 0 Å². The Labute approximate surface area is 196 Å². The smallest absolute Gasteiger partial charge is 0.293 e. The fourth-order valence-electron chi connectivity index (χ4n) is 3.79. The number of carbonyl (C=O) groups is 2. The maximum absolute atomic E-state index is 12.7. The van der Waals surface area contributed by atoms with Crippen molar-refractivity contribution in [1.29, 1.82) is 0 Å². The summed E-state index contributed by atoms with van der Waals surface area (Å²) in [5, 5.41) is 2.13. The molecule has 0 unspecified atom stereocenters. The van der Waals surface area contributed by atoms with Crippen molar-refractivity contribution in [2.24, 2.45) is 0 Å². The summed E-state index contributed by atoms with van der Waals surface area (Å²) in [6, 6.07) is 31.5. The van der Waals surface area contributed by atoms with Gasteiger partial charge in [0.2, 0.25) is 0 Å². The molecule has 2 amide bonds. The largest absolute Gasteiger partial charge is 0.489 e. The Bertz CT molecular complexity index is 1340. The molecule has 0 saturated carbocycles. The van der Waals surface area contributed by atoms with Crippen LogP contribution in [0.25, 0.3) is 16.8 Å². The van der Waals surface area contributed by atoms with Gasteiger partial charge in [0.1, 0.15) is 12.4 Å². The highest BCUT2D eigenvalue weighted by molar-refractivity contribution is 8.18. The summed E-state index contributed by atoms with van der Waals surface area (Å²) < 4.78 is 5.99. The maximum Gasteiger partial charge on any atom is 0.293 e. The van der Waals surface area contributed by atoms with Crippen molar-refractivity contribution in [2.75, 3.05) is 0 Å². The molecule has 5 rings (SSSR count). The van der Waals surface area contributed by atoms with Crippen LogP contribution in [0.4, 0.5) is 4.79 Å². The summed E-state index contributed by atoms with van der Waals surface area (Å²) in [5.74, 6) is 0.488. The quantitative estimate of drug-likeness (QED) is 0.308. The van der Waals surface area contributed by atoms with Crippen LogP contribution >= 0.6 is 11.8 Å². The lowest BCUT2D eigenvalue weighted by atomic mass is 10.1. The van der Waals surface area contributed by atoms with Crippen LogP contribution in [0.2, 0.25) is 0 Å². The number of rotatable bonds is 6. The van der Waals surface area contributed by atoms with Crippen molar-refractivity contribution in [2.45, 2.75) is 13.2 Å². The molecule has 0 bridgehead atoms. The number of ether oxygens (including phenoxy) is 1. The van der Waals surface area contributed by atoms with E-state index in [9.17, 15) is 9.59 Å². The maximum atomic E-state index is 12.7. The molecule has 1 fully saturated rings. The Morgan fingerprint density at radius 2 is 1.52 bits per heavy atom. The molecule has 1 saturated heterocycles. The molecule has 162 valence electrons. The number of fused-ring (bicyclic) bond motifs is 1. The lowest BCUT2D eigenvalue weighted by Crippen LogP contribution is -2.27. The van der Waals surface area contributed by atoms with Crippen molar-refractivity contribution in [3.63, 3.8) is 0 Å². The summed E-state index contributed by atoms with van der Waals surface area (Å²) >= 11 is 0.976. The summed E-state index contributed by atoms with van der Waals surface area (Å²) in [5.41, 5.74) is 2.90. The first kappa shape index (κ1) is 21.0. The normalized spacial score (nSPS) is 14.9. The number of benzene rings is 4. The van der Waals surface area contributed by atoms with Crippen molar-refractivity contribution in [3.8, 4) is 5.75 Å². The van der Waals surface area contributed by atoms with Gasteiger partial charge >= 0.3 is 0 Å². The van der Waals surface area contributed by atoms with Gasteiger partial charge in [-0.1, -0.05) is 84.9 Å². The Balaban J connectivity index is 1.26. The van der Waals surface area contributed by atoms with Gasteiger partial charge in [-0.2, -0.15) is 0 Å². The first-order valence-electron chi connectivity index (χ1n) is 10.7. The summed E-state index contributed by atoms with van der Waals surface area (Å²) in [6.07, 6.45) is 1.75. The first-order valence-corrected chi connectivity index (χ1v) is 11.5. The predicted octanol–water partition coefficient (Wildman–Crippen LogP) is 6.66. The molecule has 0 N–H and O–H groups in total. The molecule has 1 aliphatic rings. The average molecular weight is 452 g/mol. The third-order valence-corrected chi connectivity index (χ3v) is 6.42. The Morgan fingerprint density at radius 3 is 2.33 bits per heavy atom. The first-order chi connectivity index (χ1) is 16.2. The van der Waals surface area contributed by atoms with Crippen molar-refractivity contribution in [1.82, 2.24) is 4.90 Å². The van der Waals surface area contributed by atoms with Crippen LogP contribution in [0.3, 0.4) is 0 Å². The predicted molar refractivity (Wildman–Crippen MR) is 133 cm³/mol. The van der Waals surface area contributed by atoms with E-state index < -0.39 is 0 Å². The van der Waals surface area contributed by atoms with Crippen LogP contribution in [0.1, 0.15) is 16.7 Å². The second kappa shape index (κ2) is 9.35. The van der Waals surface area contributed by atoms with Gasteiger partial charge in [0.25, 0.3) is 11.1 Å². The number of hydrogen-bond donors (Lipinski definition) is 0. The fourth-order valence-corrected chi connectivity index (χ4v) is 4.63. The highest BCUT2D eigenvalue weighted by Gasteiger charge is 2.34. The molecule has 0 spiro atoms. The highest BCUT2D eigenvalue weighted by atomic mass is 32.2. The zero-order valence-electron chi connectivity index (χ0n) is 17.8. The van der Waals surface area contributed by atoms with Gasteiger partial charge in [0.15, 0.2) is 0 Å². The average Bonchev–Trinajstić information content (AvgIpc) is 3.11. The standard InChI is InChI=1S/C28H21NO3S/c30-27-26(33-28(31)29(27)18-21-7-2-1-3-8-21)17-20-13-15-24(16-14-20)32-19-23-11-6-10-22-9-4-5-12-25(22)23/h1-17H,18-19H2/b26-17-. The topological polar surface area (TPSA) is 46.6 Å². The third-order valence-electron chi connectivity index (χ3n) is 5.51. The summed E-state index contributed by atoms with van der Waals surface area (Å²) in [6.45, 7) is 0.753. The van der Waals surface area contributed by atoms with Gasteiger partial charge in [-0.05, 0) is 57.4 Å². The van der Waals surface area contributed by atoms with Gasteiger partial charge < -0.3 is 4.74 Å². The Kier molecular flexibility index (Phi) is 5.96. The van der Waals surface area contributed by atoms with E-state index in [0.717, 1.165) is 34.2 Å². The molecular weight excluding hydrogens is 430 g/mol. The highest BCUT2D eigenvalue weighted by Crippen LogP contribution is 2.33. The van der Waals surface area contributed by atoms with E-state index in [4.69, 9.17) is 4.74 Å². The number of imide groups is 1. The fraction of sp³-hybridized carbons (Fsp3) is 0.0714.